The van der Waals surface area contributed by atoms with Gasteiger partial charge in [-0.2, -0.15) is 5.10 Å². The topological polar surface area (TPSA) is 29.9 Å². The molecule has 1 heterocycles. The van der Waals surface area contributed by atoms with Crippen molar-refractivity contribution < 1.29 is 4.39 Å². The molecule has 3 nitrogen and oxygen atoms in total. The summed E-state index contributed by atoms with van der Waals surface area (Å²) < 4.78 is 15.7. The molecule has 0 aliphatic carbocycles. The molecule has 0 bridgehead atoms. The van der Waals surface area contributed by atoms with E-state index in [1.54, 1.807) is 10.7 Å². The van der Waals surface area contributed by atoms with Crippen molar-refractivity contribution in [3.05, 3.63) is 52.0 Å². The molecule has 1 atom stereocenters. The van der Waals surface area contributed by atoms with E-state index in [9.17, 15) is 4.39 Å². The average molecular weight is 312 g/mol. The second kappa shape index (κ2) is 5.63. The van der Waals surface area contributed by atoms with Crippen LogP contribution in [-0.2, 0) is 7.05 Å². The number of rotatable bonds is 4. The Bertz CT molecular complexity index is 539. The van der Waals surface area contributed by atoms with Gasteiger partial charge in [-0.25, -0.2) is 4.39 Å². The number of halogens is 2. The van der Waals surface area contributed by atoms with Crippen LogP contribution in [0, 0.1) is 5.82 Å². The van der Waals surface area contributed by atoms with Gasteiger partial charge in [0.1, 0.15) is 5.82 Å². The monoisotopic (exact) mass is 311 g/mol. The van der Waals surface area contributed by atoms with E-state index in [1.165, 1.54) is 12.1 Å². The summed E-state index contributed by atoms with van der Waals surface area (Å²) in [4.78, 5) is 0. The molecule has 0 saturated carbocycles. The van der Waals surface area contributed by atoms with E-state index in [4.69, 9.17) is 0 Å². The highest BCUT2D eigenvalue weighted by molar-refractivity contribution is 9.10. The standard InChI is InChI=1S/C13H15BrFN3/c1-3-16-13(9-7-17-18(2)8-9)11-5-4-10(15)6-12(11)14/h4-8,13,16H,3H2,1-2H3. The highest BCUT2D eigenvalue weighted by atomic mass is 79.9. The van der Waals surface area contributed by atoms with Crippen molar-refractivity contribution in [2.75, 3.05) is 6.54 Å². The van der Waals surface area contributed by atoms with Crippen LogP contribution in [0.5, 0.6) is 0 Å². The van der Waals surface area contributed by atoms with Crippen molar-refractivity contribution in [3.63, 3.8) is 0 Å². The van der Waals surface area contributed by atoms with Gasteiger partial charge in [-0.15, -0.1) is 0 Å². The van der Waals surface area contributed by atoms with E-state index >= 15 is 0 Å². The summed E-state index contributed by atoms with van der Waals surface area (Å²) in [5.74, 6) is -0.243. The van der Waals surface area contributed by atoms with Crippen molar-refractivity contribution in [1.82, 2.24) is 15.1 Å². The third-order valence-corrected chi connectivity index (χ3v) is 3.43. The van der Waals surface area contributed by atoms with E-state index in [1.807, 2.05) is 26.4 Å². The predicted octanol–water partition coefficient (Wildman–Crippen LogP) is 3.02. The van der Waals surface area contributed by atoms with E-state index in [0.29, 0.717) is 0 Å². The number of benzene rings is 1. The SMILES string of the molecule is CCNC(c1cnn(C)c1)c1ccc(F)cc1Br. The zero-order valence-electron chi connectivity index (χ0n) is 10.3. The Morgan fingerprint density at radius 2 is 2.28 bits per heavy atom. The molecular weight excluding hydrogens is 297 g/mol. The van der Waals surface area contributed by atoms with Crippen LogP contribution >= 0.6 is 15.9 Å². The normalized spacial score (nSPS) is 12.7. The second-order valence-electron chi connectivity index (χ2n) is 4.10. The molecule has 1 aromatic carbocycles. The fourth-order valence-corrected chi connectivity index (χ4v) is 2.52. The Balaban J connectivity index is 2.41. The van der Waals surface area contributed by atoms with E-state index < -0.39 is 0 Å². The zero-order valence-corrected chi connectivity index (χ0v) is 11.9. The van der Waals surface area contributed by atoms with Gasteiger partial charge in [0.15, 0.2) is 0 Å². The molecule has 1 N–H and O–H groups in total. The van der Waals surface area contributed by atoms with Gasteiger partial charge in [0, 0.05) is 23.3 Å². The van der Waals surface area contributed by atoms with Crippen LogP contribution in [0.1, 0.15) is 24.1 Å². The number of hydrogen-bond donors (Lipinski definition) is 1. The second-order valence-corrected chi connectivity index (χ2v) is 4.96. The molecule has 5 heteroatoms. The number of hydrogen-bond acceptors (Lipinski definition) is 2. The van der Waals surface area contributed by atoms with Crippen LogP contribution in [-0.4, -0.2) is 16.3 Å². The van der Waals surface area contributed by atoms with Crippen molar-refractivity contribution in [3.8, 4) is 0 Å². The minimum absolute atomic E-state index is 0.0127. The smallest absolute Gasteiger partial charge is 0.124 e. The molecule has 0 spiro atoms. The van der Waals surface area contributed by atoms with Gasteiger partial charge in [-0.1, -0.05) is 28.9 Å². The quantitative estimate of drug-likeness (QED) is 0.940. The first-order valence-corrected chi connectivity index (χ1v) is 6.58. The van der Waals surface area contributed by atoms with E-state index in [0.717, 1.165) is 22.1 Å². The fourth-order valence-electron chi connectivity index (χ4n) is 1.94. The van der Waals surface area contributed by atoms with Crippen LogP contribution in [0.2, 0.25) is 0 Å². The van der Waals surface area contributed by atoms with Crippen molar-refractivity contribution in [2.24, 2.45) is 7.05 Å². The minimum atomic E-state index is -0.243. The third-order valence-electron chi connectivity index (χ3n) is 2.74. The first-order chi connectivity index (χ1) is 8.61. The lowest BCUT2D eigenvalue weighted by Gasteiger charge is -2.18. The maximum absolute atomic E-state index is 13.1. The van der Waals surface area contributed by atoms with Gasteiger partial charge in [0.25, 0.3) is 0 Å². The molecular formula is C13H15BrFN3. The molecule has 0 fully saturated rings. The Morgan fingerprint density at radius 1 is 1.50 bits per heavy atom. The van der Waals surface area contributed by atoms with Crippen molar-refractivity contribution >= 4 is 15.9 Å². The Hall–Kier alpha value is -1.20. The van der Waals surface area contributed by atoms with Gasteiger partial charge >= 0.3 is 0 Å². The Kier molecular flexibility index (Phi) is 4.14. The molecule has 2 rings (SSSR count). The maximum atomic E-state index is 13.1. The number of nitrogens with zero attached hydrogens (tertiary/aromatic N) is 2. The van der Waals surface area contributed by atoms with Gasteiger partial charge in [-0.3, -0.25) is 4.68 Å². The summed E-state index contributed by atoms with van der Waals surface area (Å²) >= 11 is 3.41. The lowest BCUT2D eigenvalue weighted by Crippen LogP contribution is -2.22. The van der Waals surface area contributed by atoms with Gasteiger partial charge in [-0.05, 0) is 24.2 Å². The van der Waals surface area contributed by atoms with Crippen LogP contribution in [0.15, 0.2) is 35.1 Å². The number of aryl methyl sites for hydroxylation is 1. The van der Waals surface area contributed by atoms with Crippen molar-refractivity contribution in [2.45, 2.75) is 13.0 Å². The Labute approximate surface area is 114 Å². The lowest BCUT2D eigenvalue weighted by molar-refractivity contribution is 0.610. The molecule has 0 saturated heterocycles. The predicted molar refractivity (Wildman–Crippen MR) is 72.8 cm³/mol. The summed E-state index contributed by atoms with van der Waals surface area (Å²) in [5, 5.41) is 7.56. The van der Waals surface area contributed by atoms with Gasteiger partial charge in [0.05, 0.1) is 12.2 Å². The number of nitrogens with one attached hydrogen (secondary N) is 1. The zero-order chi connectivity index (χ0) is 13.1. The highest BCUT2D eigenvalue weighted by Gasteiger charge is 2.17. The third kappa shape index (κ3) is 2.79. The molecule has 1 unspecified atom stereocenters. The lowest BCUT2D eigenvalue weighted by atomic mass is 10.0. The summed E-state index contributed by atoms with van der Waals surface area (Å²) in [5.41, 5.74) is 2.07. The Morgan fingerprint density at radius 3 is 2.83 bits per heavy atom. The highest BCUT2D eigenvalue weighted by Crippen LogP contribution is 2.28. The molecule has 96 valence electrons. The van der Waals surface area contributed by atoms with Gasteiger partial charge in [0.2, 0.25) is 0 Å². The molecule has 0 amide bonds. The first-order valence-electron chi connectivity index (χ1n) is 5.78. The minimum Gasteiger partial charge on any atom is -0.306 e. The summed E-state index contributed by atoms with van der Waals surface area (Å²) in [7, 11) is 1.88. The molecule has 1 aromatic heterocycles. The van der Waals surface area contributed by atoms with Crippen LogP contribution in [0.25, 0.3) is 0 Å². The van der Waals surface area contributed by atoms with Crippen LogP contribution < -0.4 is 5.32 Å². The summed E-state index contributed by atoms with van der Waals surface area (Å²) in [6.07, 6.45) is 3.78. The van der Waals surface area contributed by atoms with E-state index in [2.05, 4.69) is 26.3 Å². The van der Waals surface area contributed by atoms with Gasteiger partial charge < -0.3 is 5.32 Å². The average Bonchev–Trinajstić information content (AvgIpc) is 2.73. The summed E-state index contributed by atoms with van der Waals surface area (Å²) in [6.45, 7) is 2.87. The van der Waals surface area contributed by atoms with Crippen molar-refractivity contribution in [1.29, 1.82) is 0 Å². The number of aromatic nitrogens is 2. The molecule has 0 radical (unpaired) electrons. The molecule has 2 aromatic rings. The molecule has 0 aliphatic rings. The van der Waals surface area contributed by atoms with Crippen LogP contribution in [0.4, 0.5) is 4.39 Å². The molecule has 0 aliphatic heterocycles. The van der Waals surface area contributed by atoms with Crippen LogP contribution in [0.3, 0.4) is 0 Å². The van der Waals surface area contributed by atoms with E-state index in [-0.39, 0.29) is 11.9 Å². The summed E-state index contributed by atoms with van der Waals surface area (Å²) in [6, 6.07) is 4.76. The fraction of sp³-hybridized carbons (Fsp3) is 0.308. The molecule has 18 heavy (non-hydrogen) atoms. The largest absolute Gasteiger partial charge is 0.306 e. The first kappa shape index (κ1) is 13.2. The maximum Gasteiger partial charge on any atom is 0.124 e.